The van der Waals surface area contributed by atoms with Crippen LogP contribution < -0.4 is 10.6 Å². The van der Waals surface area contributed by atoms with Crippen molar-refractivity contribution in [3.05, 3.63) is 107 Å². The number of nitrogens with one attached hydrogen (secondary N) is 2. The number of carbonyl (C=O) groups is 2. The molecule has 3 aromatic rings. The van der Waals surface area contributed by atoms with E-state index >= 15 is 0 Å². The Hall–Kier alpha value is -3.40. The Morgan fingerprint density at radius 3 is 1.97 bits per heavy atom. The van der Waals surface area contributed by atoms with Crippen LogP contribution in [0, 0.1) is 0 Å². The highest BCUT2D eigenvalue weighted by Crippen LogP contribution is 2.10. The third kappa shape index (κ3) is 7.38. The quantitative estimate of drug-likeness (QED) is 0.464. The van der Waals surface area contributed by atoms with Gasteiger partial charge in [-0.25, -0.2) is 0 Å². The van der Waals surface area contributed by atoms with E-state index in [1.807, 2.05) is 84.9 Å². The molecule has 2 amide bonds. The third-order valence-corrected chi connectivity index (χ3v) is 5.50. The lowest BCUT2D eigenvalue weighted by Gasteiger charge is -2.19. The fraction of sp³-hybridized carbons (Fsp3) is 0.286. The second-order valence-electron chi connectivity index (χ2n) is 8.04. The molecule has 0 spiro atoms. The summed E-state index contributed by atoms with van der Waals surface area (Å²) in [4.78, 5) is 25.8. The summed E-state index contributed by atoms with van der Waals surface area (Å²) >= 11 is 0. The summed E-state index contributed by atoms with van der Waals surface area (Å²) in [6, 6.07) is 26.8. The van der Waals surface area contributed by atoms with Crippen LogP contribution in [0.15, 0.2) is 84.9 Å². The molecule has 0 saturated carbocycles. The number of benzene rings is 3. The molecule has 4 heteroatoms. The Labute approximate surface area is 191 Å². The van der Waals surface area contributed by atoms with Crippen molar-refractivity contribution in [2.75, 3.05) is 6.54 Å². The van der Waals surface area contributed by atoms with Gasteiger partial charge in [0, 0.05) is 18.5 Å². The minimum atomic E-state index is -0.638. The van der Waals surface area contributed by atoms with E-state index in [4.69, 9.17) is 0 Å². The van der Waals surface area contributed by atoms with Gasteiger partial charge in [0.05, 0.1) is 0 Å². The van der Waals surface area contributed by atoms with Gasteiger partial charge in [-0.2, -0.15) is 0 Å². The Balaban J connectivity index is 1.63. The number of hydrogen-bond donors (Lipinski definition) is 2. The zero-order valence-electron chi connectivity index (χ0n) is 18.7. The highest BCUT2D eigenvalue weighted by Gasteiger charge is 2.21. The summed E-state index contributed by atoms with van der Waals surface area (Å²) in [5.41, 5.74) is 3.97. The largest absolute Gasteiger partial charge is 0.354 e. The van der Waals surface area contributed by atoms with Crippen LogP contribution in [0.2, 0.25) is 0 Å². The Bertz CT molecular complexity index is 969. The zero-order valence-corrected chi connectivity index (χ0v) is 18.7. The zero-order chi connectivity index (χ0) is 22.6. The minimum absolute atomic E-state index is 0.169. The fourth-order valence-corrected chi connectivity index (χ4v) is 3.60. The van der Waals surface area contributed by atoms with Crippen molar-refractivity contribution in [2.45, 2.75) is 45.1 Å². The van der Waals surface area contributed by atoms with Gasteiger partial charge in [0.1, 0.15) is 6.04 Å². The fourth-order valence-electron chi connectivity index (χ4n) is 3.60. The molecular weight excluding hydrogens is 396 g/mol. The first-order chi connectivity index (χ1) is 15.7. The standard InChI is InChI=1S/C28H32N2O2/c1-2-3-10-23-15-17-25(18-16-23)27(31)30-26(21-24-13-8-5-9-14-24)28(32)29-20-19-22-11-6-4-7-12-22/h4-9,11-18,26H,2-3,10,19-21H2,1H3,(H,29,32)(H,30,31). The van der Waals surface area contributed by atoms with Crippen LogP contribution in [0.25, 0.3) is 0 Å². The van der Waals surface area contributed by atoms with E-state index in [0.717, 1.165) is 31.2 Å². The molecule has 0 bridgehead atoms. The normalized spacial score (nSPS) is 11.5. The van der Waals surface area contributed by atoms with Crippen molar-refractivity contribution < 1.29 is 9.59 Å². The Morgan fingerprint density at radius 2 is 1.34 bits per heavy atom. The summed E-state index contributed by atoms with van der Waals surface area (Å²) in [5.74, 6) is -0.399. The molecular formula is C28H32N2O2. The van der Waals surface area contributed by atoms with Crippen LogP contribution in [0.3, 0.4) is 0 Å². The molecule has 0 radical (unpaired) electrons. The van der Waals surface area contributed by atoms with E-state index in [9.17, 15) is 9.59 Å². The van der Waals surface area contributed by atoms with E-state index in [1.54, 1.807) is 0 Å². The molecule has 0 aromatic heterocycles. The van der Waals surface area contributed by atoms with Gasteiger partial charge in [-0.15, -0.1) is 0 Å². The average Bonchev–Trinajstić information content (AvgIpc) is 2.84. The molecule has 1 unspecified atom stereocenters. The molecule has 3 rings (SSSR count). The monoisotopic (exact) mass is 428 g/mol. The van der Waals surface area contributed by atoms with Crippen molar-refractivity contribution >= 4 is 11.8 Å². The number of aryl methyl sites for hydroxylation is 1. The van der Waals surface area contributed by atoms with E-state index in [0.29, 0.717) is 18.5 Å². The molecule has 166 valence electrons. The Kier molecular flexibility index (Phi) is 9.05. The van der Waals surface area contributed by atoms with Crippen molar-refractivity contribution in [1.29, 1.82) is 0 Å². The van der Waals surface area contributed by atoms with Crippen molar-refractivity contribution in [2.24, 2.45) is 0 Å². The molecule has 2 N–H and O–H groups in total. The molecule has 0 aliphatic heterocycles. The molecule has 32 heavy (non-hydrogen) atoms. The second kappa shape index (κ2) is 12.5. The molecule has 0 fully saturated rings. The Morgan fingerprint density at radius 1 is 0.750 bits per heavy atom. The SMILES string of the molecule is CCCCc1ccc(C(=O)NC(Cc2ccccc2)C(=O)NCCc2ccccc2)cc1. The van der Waals surface area contributed by atoms with Gasteiger partial charge in [0.2, 0.25) is 5.91 Å². The molecule has 1 atom stereocenters. The third-order valence-electron chi connectivity index (χ3n) is 5.50. The van der Waals surface area contributed by atoms with Gasteiger partial charge in [-0.3, -0.25) is 9.59 Å². The maximum absolute atomic E-state index is 13.0. The number of carbonyl (C=O) groups excluding carboxylic acids is 2. The number of unbranched alkanes of at least 4 members (excludes halogenated alkanes) is 1. The van der Waals surface area contributed by atoms with E-state index < -0.39 is 6.04 Å². The highest BCUT2D eigenvalue weighted by molar-refractivity contribution is 5.97. The summed E-state index contributed by atoms with van der Waals surface area (Å²) in [5, 5.41) is 5.93. The summed E-state index contributed by atoms with van der Waals surface area (Å²) < 4.78 is 0. The highest BCUT2D eigenvalue weighted by atomic mass is 16.2. The molecule has 0 heterocycles. The van der Waals surface area contributed by atoms with Crippen molar-refractivity contribution in [3.63, 3.8) is 0 Å². The predicted molar refractivity (Wildman–Crippen MR) is 130 cm³/mol. The van der Waals surface area contributed by atoms with Crippen LogP contribution >= 0.6 is 0 Å². The van der Waals surface area contributed by atoms with Gasteiger partial charge in [-0.05, 0) is 48.1 Å². The van der Waals surface area contributed by atoms with Gasteiger partial charge >= 0.3 is 0 Å². The van der Waals surface area contributed by atoms with Gasteiger partial charge in [-0.1, -0.05) is 86.1 Å². The summed E-state index contributed by atoms with van der Waals surface area (Å²) in [6.45, 7) is 2.69. The van der Waals surface area contributed by atoms with Crippen LogP contribution in [0.5, 0.6) is 0 Å². The summed E-state index contributed by atoms with van der Waals surface area (Å²) in [6.07, 6.45) is 4.48. The maximum atomic E-state index is 13.0. The van der Waals surface area contributed by atoms with E-state index in [1.165, 1.54) is 11.1 Å². The van der Waals surface area contributed by atoms with Gasteiger partial charge in [0.15, 0.2) is 0 Å². The summed E-state index contributed by atoms with van der Waals surface area (Å²) in [7, 11) is 0. The lowest BCUT2D eigenvalue weighted by molar-refractivity contribution is -0.122. The smallest absolute Gasteiger partial charge is 0.251 e. The maximum Gasteiger partial charge on any atom is 0.251 e. The van der Waals surface area contributed by atoms with Crippen molar-refractivity contribution in [3.8, 4) is 0 Å². The number of rotatable bonds is 11. The van der Waals surface area contributed by atoms with Crippen LogP contribution in [0.4, 0.5) is 0 Å². The predicted octanol–water partition coefficient (Wildman–Crippen LogP) is 4.73. The molecule has 3 aromatic carbocycles. The molecule has 0 saturated heterocycles. The lowest BCUT2D eigenvalue weighted by atomic mass is 10.0. The lowest BCUT2D eigenvalue weighted by Crippen LogP contribution is -2.48. The first-order valence-corrected chi connectivity index (χ1v) is 11.4. The number of amides is 2. The number of hydrogen-bond acceptors (Lipinski definition) is 2. The molecule has 0 aliphatic rings. The molecule has 4 nitrogen and oxygen atoms in total. The van der Waals surface area contributed by atoms with Gasteiger partial charge in [0.25, 0.3) is 5.91 Å². The first kappa shape index (κ1) is 23.3. The van der Waals surface area contributed by atoms with Crippen molar-refractivity contribution in [1.82, 2.24) is 10.6 Å². The van der Waals surface area contributed by atoms with Crippen LogP contribution in [-0.2, 0) is 24.1 Å². The topological polar surface area (TPSA) is 58.2 Å². The van der Waals surface area contributed by atoms with E-state index in [2.05, 4.69) is 17.6 Å². The minimum Gasteiger partial charge on any atom is -0.354 e. The molecule has 0 aliphatic carbocycles. The second-order valence-corrected chi connectivity index (χ2v) is 8.04. The van der Waals surface area contributed by atoms with E-state index in [-0.39, 0.29) is 11.8 Å². The van der Waals surface area contributed by atoms with Crippen LogP contribution in [-0.4, -0.2) is 24.4 Å². The van der Waals surface area contributed by atoms with Gasteiger partial charge < -0.3 is 10.6 Å². The van der Waals surface area contributed by atoms with Crippen LogP contribution in [0.1, 0.15) is 46.8 Å². The average molecular weight is 429 g/mol. The first-order valence-electron chi connectivity index (χ1n) is 11.4.